The van der Waals surface area contributed by atoms with Crippen LogP contribution in [-0.4, -0.2) is 41.9 Å². The van der Waals surface area contributed by atoms with E-state index in [1.54, 1.807) is 4.68 Å². The number of rotatable bonds is 6. The van der Waals surface area contributed by atoms with E-state index in [2.05, 4.69) is 29.4 Å². The van der Waals surface area contributed by atoms with Crippen molar-refractivity contribution < 1.29 is 0 Å². The number of nitrogen functional groups attached to an aromatic ring is 1. The minimum atomic E-state index is 0.713. The summed E-state index contributed by atoms with van der Waals surface area (Å²) in [5.41, 5.74) is 6.46. The Morgan fingerprint density at radius 1 is 1.47 bits per heavy atom. The number of unbranched alkanes of at least 4 members (excludes halogenated alkanes) is 1. The van der Waals surface area contributed by atoms with Crippen molar-refractivity contribution in [1.29, 1.82) is 0 Å². The highest BCUT2D eigenvalue weighted by Crippen LogP contribution is 2.13. The summed E-state index contributed by atoms with van der Waals surface area (Å²) in [7, 11) is 6.04. The quantitative estimate of drug-likeness (QED) is 0.682. The van der Waals surface area contributed by atoms with Crippen molar-refractivity contribution in [2.75, 3.05) is 38.2 Å². The highest BCUT2D eigenvalue weighted by atomic mass is 15.3. The third-order valence-corrected chi connectivity index (χ3v) is 2.18. The standard InChI is InChI=1S/C10H21N5/c1-14(2)7-5-4-6-12-10-9(11)8-15(3)13-10/h8H,4-7,11H2,1-3H3,(H,12,13). The number of nitrogens with two attached hydrogens (primary N) is 1. The van der Waals surface area contributed by atoms with Gasteiger partial charge in [0.1, 0.15) is 0 Å². The molecule has 0 atom stereocenters. The Bertz CT molecular complexity index is 292. The summed E-state index contributed by atoms with van der Waals surface area (Å²) in [6.45, 7) is 2.05. The zero-order chi connectivity index (χ0) is 11.3. The number of hydrogen-bond donors (Lipinski definition) is 2. The van der Waals surface area contributed by atoms with Gasteiger partial charge in [-0.3, -0.25) is 4.68 Å². The Balaban J connectivity index is 2.17. The second-order valence-electron chi connectivity index (χ2n) is 4.04. The van der Waals surface area contributed by atoms with Gasteiger partial charge >= 0.3 is 0 Å². The van der Waals surface area contributed by atoms with Gasteiger partial charge in [-0.1, -0.05) is 0 Å². The van der Waals surface area contributed by atoms with Crippen molar-refractivity contribution in [3.8, 4) is 0 Å². The van der Waals surface area contributed by atoms with Crippen LogP contribution in [0.1, 0.15) is 12.8 Å². The zero-order valence-corrected chi connectivity index (χ0v) is 9.82. The molecule has 0 unspecified atom stereocenters. The molecule has 3 N–H and O–H groups in total. The Morgan fingerprint density at radius 2 is 2.20 bits per heavy atom. The lowest BCUT2D eigenvalue weighted by atomic mass is 10.3. The van der Waals surface area contributed by atoms with Gasteiger partial charge in [-0.25, -0.2) is 0 Å². The first-order valence-corrected chi connectivity index (χ1v) is 5.27. The van der Waals surface area contributed by atoms with Crippen LogP contribution in [0.2, 0.25) is 0 Å². The van der Waals surface area contributed by atoms with Crippen LogP contribution >= 0.6 is 0 Å². The average molecular weight is 211 g/mol. The number of aromatic nitrogens is 2. The van der Waals surface area contributed by atoms with Crippen LogP contribution in [0, 0.1) is 0 Å². The molecular formula is C10H21N5. The van der Waals surface area contributed by atoms with Crippen molar-refractivity contribution in [1.82, 2.24) is 14.7 Å². The van der Waals surface area contributed by atoms with Gasteiger partial charge in [0.2, 0.25) is 0 Å². The lowest BCUT2D eigenvalue weighted by molar-refractivity contribution is 0.396. The first-order valence-electron chi connectivity index (χ1n) is 5.27. The molecule has 1 heterocycles. The monoisotopic (exact) mass is 211 g/mol. The van der Waals surface area contributed by atoms with Gasteiger partial charge in [-0.2, -0.15) is 5.10 Å². The fraction of sp³-hybridized carbons (Fsp3) is 0.700. The largest absolute Gasteiger partial charge is 0.394 e. The fourth-order valence-corrected chi connectivity index (χ4v) is 1.40. The maximum atomic E-state index is 5.75. The number of nitrogens with zero attached hydrogens (tertiary/aromatic N) is 3. The van der Waals surface area contributed by atoms with Crippen LogP contribution in [-0.2, 0) is 7.05 Å². The molecule has 0 aromatic carbocycles. The molecule has 5 nitrogen and oxygen atoms in total. The van der Waals surface area contributed by atoms with E-state index in [1.807, 2.05) is 13.2 Å². The van der Waals surface area contributed by atoms with Crippen molar-refractivity contribution in [3.63, 3.8) is 0 Å². The second-order valence-corrected chi connectivity index (χ2v) is 4.04. The third-order valence-electron chi connectivity index (χ3n) is 2.18. The molecule has 5 heteroatoms. The molecule has 0 saturated heterocycles. The van der Waals surface area contributed by atoms with E-state index >= 15 is 0 Å². The van der Waals surface area contributed by atoms with Gasteiger partial charge in [0.15, 0.2) is 5.82 Å². The predicted molar refractivity (Wildman–Crippen MR) is 63.9 cm³/mol. The van der Waals surface area contributed by atoms with Crippen LogP contribution in [0.4, 0.5) is 11.5 Å². The Labute approximate surface area is 91.2 Å². The highest BCUT2D eigenvalue weighted by molar-refractivity contribution is 5.59. The van der Waals surface area contributed by atoms with Gasteiger partial charge in [0, 0.05) is 19.8 Å². The van der Waals surface area contributed by atoms with Crippen LogP contribution in [0.15, 0.2) is 6.20 Å². The topological polar surface area (TPSA) is 59.1 Å². The molecule has 0 radical (unpaired) electrons. The second kappa shape index (κ2) is 5.60. The molecule has 0 amide bonds. The van der Waals surface area contributed by atoms with E-state index in [4.69, 9.17) is 5.73 Å². The van der Waals surface area contributed by atoms with Crippen molar-refractivity contribution in [2.24, 2.45) is 7.05 Å². The van der Waals surface area contributed by atoms with Crippen molar-refractivity contribution in [2.45, 2.75) is 12.8 Å². The van der Waals surface area contributed by atoms with Gasteiger partial charge < -0.3 is 16.0 Å². The van der Waals surface area contributed by atoms with E-state index in [0.717, 1.165) is 25.3 Å². The lowest BCUT2D eigenvalue weighted by Gasteiger charge is -2.09. The predicted octanol–water partition coefficient (Wildman–Crippen LogP) is 0.756. The highest BCUT2D eigenvalue weighted by Gasteiger charge is 2.01. The SMILES string of the molecule is CN(C)CCCCNc1nn(C)cc1N. The summed E-state index contributed by atoms with van der Waals surface area (Å²) in [6, 6.07) is 0. The number of hydrogen-bond acceptors (Lipinski definition) is 4. The van der Waals surface area contributed by atoms with E-state index < -0.39 is 0 Å². The van der Waals surface area contributed by atoms with Gasteiger partial charge in [0.05, 0.1) is 5.69 Å². The summed E-state index contributed by atoms with van der Waals surface area (Å²) in [6.07, 6.45) is 4.13. The molecule has 1 aromatic rings. The molecule has 86 valence electrons. The molecule has 1 aromatic heterocycles. The third kappa shape index (κ3) is 4.20. The minimum Gasteiger partial charge on any atom is -0.394 e. The van der Waals surface area contributed by atoms with E-state index in [-0.39, 0.29) is 0 Å². The van der Waals surface area contributed by atoms with Crippen LogP contribution in [0.25, 0.3) is 0 Å². The molecule has 0 fully saturated rings. The zero-order valence-electron chi connectivity index (χ0n) is 9.82. The van der Waals surface area contributed by atoms with E-state index in [0.29, 0.717) is 5.69 Å². The molecular weight excluding hydrogens is 190 g/mol. The van der Waals surface area contributed by atoms with Gasteiger partial charge in [-0.15, -0.1) is 0 Å². The smallest absolute Gasteiger partial charge is 0.171 e. The summed E-state index contributed by atoms with van der Waals surface area (Å²) in [4.78, 5) is 2.19. The van der Waals surface area contributed by atoms with Gasteiger partial charge in [-0.05, 0) is 33.5 Å². The van der Waals surface area contributed by atoms with Gasteiger partial charge in [0.25, 0.3) is 0 Å². The minimum absolute atomic E-state index is 0.713. The summed E-state index contributed by atoms with van der Waals surface area (Å²) >= 11 is 0. The Morgan fingerprint density at radius 3 is 2.73 bits per heavy atom. The number of aryl methyl sites for hydroxylation is 1. The molecule has 1 rings (SSSR count). The lowest BCUT2D eigenvalue weighted by Crippen LogP contribution is -2.14. The summed E-state index contributed by atoms with van der Waals surface area (Å²) in [5, 5.41) is 7.45. The Kier molecular flexibility index (Phi) is 4.42. The van der Waals surface area contributed by atoms with Crippen molar-refractivity contribution in [3.05, 3.63) is 6.20 Å². The van der Waals surface area contributed by atoms with Crippen LogP contribution in [0.3, 0.4) is 0 Å². The maximum Gasteiger partial charge on any atom is 0.171 e. The maximum absolute atomic E-state index is 5.75. The number of nitrogens with one attached hydrogen (secondary N) is 1. The summed E-state index contributed by atoms with van der Waals surface area (Å²) in [5.74, 6) is 0.794. The number of anilines is 2. The van der Waals surface area contributed by atoms with Crippen LogP contribution in [0.5, 0.6) is 0 Å². The normalized spacial score (nSPS) is 10.9. The first kappa shape index (κ1) is 11.8. The molecule has 0 aliphatic heterocycles. The average Bonchev–Trinajstić information content (AvgIpc) is 2.44. The van der Waals surface area contributed by atoms with Crippen LogP contribution < -0.4 is 11.1 Å². The molecule has 0 saturated carbocycles. The fourth-order valence-electron chi connectivity index (χ4n) is 1.40. The van der Waals surface area contributed by atoms with E-state index in [9.17, 15) is 0 Å². The summed E-state index contributed by atoms with van der Waals surface area (Å²) < 4.78 is 1.72. The molecule has 15 heavy (non-hydrogen) atoms. The molecule has 0 spiro atoms. The Hall–Kier alpha value is -1.23. The molecule has 0 bridgehead atoms. The molecule has 0 aliphatic carbocycles. The van der Waals surface area contributed by atoms with Crippen molar-refractivity contribution >= 4 is 11.5 Å². The van der Waals surface area contributed by atoms with E-state index in [1.165, 1.54) is 6.42 Å². The first-order chi connectivity index (χ1) is 7.09. The molecule has 0 aliphatic rings.